The maximum atomic E-state index is 13.5. The molecule has 2 aromatic carbocycles. The Kier molecular flexibility index (Phi) is 8.54. The van der Waals surface area contributed by atoms with Gasteiger partial charge in [-0.1, -0.05) is 31.0 Å². The molecule has 0 unspecified atom stereocenters. The number of aryl methyl sites for hydroxylation is 1. The zero-order valence-electron chi connectivity index (χ0n) is 20.1. The normalized spacial score (nSPS) is 14.1. The van der Waals surface area contributed by atoms with Gasteiger partial charge in [-0.2, -0.15) is 5.10 Å². The number of aromatic nitrogens is 2. The van der Waals surface area contributed by atoms with Crippen LogP contribution in [0, 0.1) is 24.1 Å². The maximum absolute atomic E-state index is 13.5. The smallest absolute Gasteiger partial charge is 0.227 e. The van der Waals surface area contributed by atoms with Gasteiger partial charge in [-0.25, -0.2) is 9.07 Å². The Balaban J connectivity index is 1.66. The highest BCUT2D eigenvalue weighted by atomic mass is 19.1. The fourth-order valence-corrected chi connectivity index (χ4v) is 4.08. The van der Waals surface area contributed by atoms with E-state index in [1.807, 2.05) is 30.3 Å². The molecule has 0 spiro atoms. The number of ether oxygens (including phenoxy) is 2. The molecule has 184 valence electrons. The summed E-state index contributed by atoms with van der Waals surface area (Å²) >= 11 is 0. The van der Waals surface area contributed by atoms with E-state index in [1.54, 1.807) is 16.8 Å². The second kappa shape index (κ2) is 12.0. The molecule has 7 heteroatoms. The third-order valence-electron chi connectivity index (χ3n) is 5.94. The Bertz CT molecular complexity index is 1120. The highest BCUT2D eigenvalue weighted by Crippen LogP contribution is 2.34. The second-order valence-electron chi connectivity index (χ2n) is 8.90. The maximum Gasteiger partial charge on any atom is 0.227 e. The molecular weight excluding hydrogens is 445 g/mol. The topological polar surface area (TPSA) is 59.8 Å². The third kappa shape index (κ3) is 6.92. The predicted molar refractivity (Wildman–Crippen MR) is 133 cm³/mol. The van der Waals surface area contributed by atoms with Crippen LogP contribution in [0.15, 0.2) is 54.6 Å². The van der Waals surface area contributed by atoms with Gasteiger partial charge in [0.1, 0.15) is 18.2 Å². The molecule has 1 N–H and O–H groups in total. The van der Waals surface area contributed by atoms with E-state index in [2.05, 4.69) is 17.7 Å². The van der Waals surface area contributed by atoms with E-state index in [4.69, 9.17) is 21.0 Å². The molecule has 1 aromatic heterocycles. The van der Waals surface area contributed by atoms with Crippen LogP contribution in [0.3, 0.4) is 0 Å². The average molecular weight is 478 g/mol. The predicted octanol–water partition coefficient (Wildman–Crippen LogP) is 4.59. The van der Waals surface area contributed by atoms with Crippen molar-refractivity contribution in [2.45, 2.75) is 38.8 Å². The van der Waals surface area contributed by atoms with Gasteiger partial charge in [0.2, 0.25) is 5.88 Å². The lowest BCUT2D eigenvalue weighted by Crippen LogP contribution is -2.36. The molecule has 35 heavy (non-hydrogen) atoms. The van der Waals surface area contributed by atoms with E-state index in [1.165, 1.54) is 25.0 Å². The lowest BCUT2D eigenvalue weighted by molar-refractivity contribution is 0.0249. The van der Waals surface area contributed by atoms with Crippen molar-refractivity contribution in [2.75, 3.05) is 26.3 Å². The van der Waals surface area contributed by atoms with Gasteiger partial charge in [0.15, 0.2) is 0 Å². The molecule has 0 aliphatic heterocycles. The number of rotatable bonds is 13. The Labute approximate surface area is 206 Å². The molecular formula is C28H32FN3O3. The minimum absolute atomic E-state index is 0.180. The molecule has 6 nitrogen and oxygen atoms in total. The largest absolute Gasteiger partial charge is 0.439 e. The average Bonchev–Trinajstić information content (AvgIpc) is 3.62. The number of aliphatic hydroxyl groups is 1. The van der Waals surface area contributed by atoms with Crippen molar-refractivity contribution in [2.24, 2.45) is 5.92 Å². The van der Waals surface area contributed by atoms with Crippen LogP contribution in [0.25, 0.3) is 5.69 Å². The van der Waals surface area contributed by atoms with Crippen molar-refractivity contribution < 1.29 is 19.0 Å². The number of nitrogens with zero attached hydrogens (tertiary/aromatic N) is 3. The number of hydrogen-bond acceptors (Lipinski definition) is 5. The van der Waals surface area contributed by atoms with Gasteiger partial charge in [0.25, 0.3) is 0 Å². The van der Waals surface area contributed by atoms with Gasteiger partial charge < -0.3 is 14.6 Å². The summed E-state index contributed by atoms with van der Waals surface area (Å²) in [5.74, 6) is 3.86. The van der Waals surface area contributed by atoms with Gasteiger partial charge in [-0.05, 0) is 61.6 Å². The van der Waals surface area contributed by atoms with Crippen molar-refractivity contribution in [1.29, 1.82) is 0 Å². The fourth-order valence-electron chi connectivity index (χ4n) is 4.08. The van der Waals surface area contributed by atoms with Crippen LogP contribution in [0.1, 0.15) is 31.0 Å². The van der Waals surface area contributed by atoms with E-state index >= 15 is 0 Å². The van der Waals surface area contributed by atoms with E-state index in [0.29, 0.717) is 30.6 Å². The first-order valence-corrected chi connectivity index (χ1v) is 12.1. The van der Waals surface area contributed by atoms with Crippen molar-refractivity contribution in [1.82, 2.24) is 14.7 Å². The minimum atomic E-state index is -0.655. The van der Waals surface area contributed by atoms with Crippen LogP contribution in [-0.2, 0) is 17.7 Å². The molecule has 0 bridgehead atoms. The van der Waals surface area contributed by atoms with Crippen LogP contribution >= 0.6 is 0 Å². The lowest BCUT2D eigenvalue weighted by Gasteiger charge is -2.25. The molecule has 1 fully saturated rings. The van der Waals surface area contributed by atoms with Crippen molar-refractivity contribution in [3.8, 4) is 29.7 Å². The van der Waals surface area contributed by atoms with E-state index < -0.39 is 6.10 Å². The summed E-state index contributed by atoms with van der Waals surface area (Å²) in [6.45, 7) is 4.33. The minimum Gasteiger partial charge on any atom is -0.439 e. The van der Waals surface area contributed by atoms with E-state index in [-0.39, 0.29) is 19.0 Å². The Hall–Kier alpha value is -3.18. The molecule has 3 aromatic rings. The highest BCUT2D eigenvalue weighted by Gasteiger charge is 2.28. The fraction of sp³-hybridized carbons (Fsp3) is 0.393. The summed E-state index contributed by atoms with van der Waals surface area (Å²) in [4.78, 5) is 2.24. The number of aliphatic hydroxyl groups excluding tert-OH is 1. The zero-order chi connectivity index (χ0) is 24.6. The Morgan fingerprint density at radius 2 is 1.94 bits per heavy atom. The van der Waals surface area contributed by atoms with E-state index in [9.17, 15) is 9.50 Å². The summed E-state index contributed by atoms with van der Waals surface area (Å²) in [6, 6.07) is 15.8. The first-order chi connectivity index (χ1) is 17.1. The van der Waals surface area contributed by atoms with Crippen LogP contribution in [0.4, 0.5) is 4.39 Å². The van der Waals surface area contributed by atoms with Crippen molar-refractivity contribution >= 4 is 0 Å². The van der Waals surface area contributed by atoms with Gasteiger partial charge in [-0.15, -0.1) is 6.42 Å². The summed E-state index contributed by atoms with van der Waals surface area (Å²) in [5.41, 5.74) is 2.75. The number of benzene rings is 2. The van der Waals surface area contributed by atoms with Crippen LogP contribution in [0.5, 0.6) is 11.6 Å². The number of para-hydroxylation sites is 1. The number of hydrogen-bond donors (Lipinski definition) is 1. The third-order valence-corrected chi connectivity index (χ3v) is 5.94. The van der Waals surface area contributed by atoms with Gasteiger partial charge in [0.05, 0.1) is 29.7 Å². The molecule has 1 atom stereocenters. The van der Waals surface area contributed by atoms with E-state index in [0.717, 1.165) is 29.9 Å². The Morgan fingerprint density at radius 1 is 1.20 bits per heavy atom. The van der Waals surface area contributed by atoms with Gasteiger partial charge in [0, 0.05) is 19.6 Å². The van der Waals surface area contributed by atoms with Crippen LogP contribution in [-0.4, -0.2) is 52.2 Å². The summed E-state index contributed by atoms with van der Waals surface area (Å²) < 4.78 is 27.0. The molecule has 0 radical (unpaired) electrons. The first kappa shape index (κ1) is 24.9. The first-order valence-electron chi connectivity index (χ1n) is 12.1. The van der Waals surface area contributed by atoms with Gasteiger partial charge >= 0.3 is 0 Å². The summed E-state index contributed by atoms with van der Waals surface area (Å²) in [7, 11) is 0. The quantitative estimate of drug-likeness (QED) is 0.288. The number of halogens is 1. The summed E-state index contributed by atoms with van der Waals surface area (Å²) in [6.07, 6.45) is 7.71. The number of terminal acetylenes is 1. The molecule has 0 saturated heterocycles. The molecule has 1 aliphatic carbocycles. The Morgan fingerprint density at radius 3 is 2.60 bits per heavy atom. The second-order valence-corrected chi connectivity index (χ2v) is 8.90. The lowest BCUT2D eigenvalue weighted by atomic mass is 10.1. The van der Waals surface area contributed by atoms with Gasteiger partial charge in [-0.3, -0.25) is 4.90 Å². The molecule has 1 aliphatic rings. The zero-order valence-corrected chi connectivity index (χ0v) is 20.1. The highest BCUT2D eigenvalue weighted by molar-refractivity contribution is 5.43. The molecule has 1 saturated carbocycles. The molecule has 1 heterocycles. The molecule has 0 amide bonds. The van der Waals surface area contributed by atoms with Crippen LogP contribution < -0.4 is 4.74 Å². The monoisotopic (exact) mass is 477 g/mol. The van der Waals surface area contributed by atoms with Crippen molar-refractivity contribution in [3.63, 3.8) is 0 Å². The van der Waals surface area contributed by atoms with Crippen molar-refractivity contribution in [3.05, 3.63) is 71.7 Å². The standard InChI is InChI=1S/C28H32FN3O3/c1-3-16-34-20-24(33)18-31(17-21-10-11-21)19-26-27(4-2)30-32(23-8-6-5-7-9-23)28(26)35-25-14-12-22(29)13-15-25/h1,5-9,12-15,21,24,33H,4,10-11,16-20H2,2H3/t24-/m1/s1. The van der Waals surface area contributed by atoms with Crippen LogP contribution in [0.2, 0.25) is 0 Å². The molecule has 4 rings (SSSR count). The summed E-state index contributed by atoms with van der Waals surface area (Å²) in [5, 5.41) is 15.5. The SMILES string of the molecule is C#CCOC[C@H](O)CN(Cc1c(CC)nn(-c2ccccc2)c1Oc1ccc(F)cc1)CC1CC1.